The van der Waals surface area contributed by atoms with Crippen LogP contribution >= 0.6 is 22.9 Å². The number of benzene rings is 1. The largest absolute Gasteiger partial charge is 0.309 e. The Kier molecular flexibility index (Phi) is 5.59. The Morgan fingerprint density at radius 1 is 1.30 bits per heavy atom. The van der Waals surface area contributed by atoms with Gasteiger partial charge in [-0.3, -0.25) is 4.79 Å². The summed E-state index contributed by atoms with van der Waals surface area (Å²) in [5.41, 5.74) is 2.38. The molecule has 1 N–H and O–H groups in total. The van der Waals surface area contributed by atoms with Gasteiger partial charge in [0.25, 0.3) is 0 Å². The van der Waals surface area contributed by atoms with Crippen LogP contribution in [0.3, 0.4) is 0 Å². The molecule has 0 saturated carbocycles. The summed E-state index contributed by atoms with van der Waals surface area (Å²) in [4.78, 5) is 14.4. The summed E-state index contributed by atoms with van der Waals surface area (Å²) in [6.07, 6.45) is 3.96. The summed E-state index contributed by atoms with van der Waals surface area (Å²) in [7, 11) is 0. The van der Waals surface area contributed by atoms with Gasteiger partial charge in [-0.2, -0.15) is 0 Å². The quantitative estimate of drug-likeness (QED) is 0.591. The predicted molar refractivity (Wildman–Crippen MR) is 103 cm³/mol. The van der Waals surface area contributed by atoms with E-state index in [9.17, 15) is 4.79 Å². The number of carbonyl (C=O) groups is 1. The van der Waals surface area contributed by atoms with Gasteiger partial charge in [0.15, 0.2) is 0 Å². The molecule has 2 aliphatic rings. The number of para-hydroxylation sites is 1. The van der Waals surface area contributed by atoms with E-state index in [4.69, 9.17) is 0 Å². The van der Waals surface area contributed by atoms with Crippen molar-refractivity contribution in [2.45, 2.75) is 57.7 Å². The maximum atomic E-state index is 12.4. The molecule has 1 saturated heterocycles. The molecule has 0 spiro atoms. The molecule has 3 rings (SSSR count). The van der Waals surface area contributed by atoms with Gasteiger partial charge in [-0.25, -0.2) is 3.11 Å². The third-order valence-electron chi connectivity index (χ3n) is 5.04. The van der Waals surface area contributed by atoms with Crippen molar-refractivity contribution < 1.29 is 4.79 Å². The lowest BCUT2D eigenvalue weighted by atomic mass is 9.90. The van der Waals surface area contributed by atoms with E-state index in [0.717, 1.165) is 25.2 Å². The van der Waals surface area contributed by atoms with Gasteiger partial charge < -0.3 is 10.2 Å². The van der Waals surface area contributed by atoms with Gasteiger partial charge in [-0.15, -0.1) is 0 Å². The highest BCUT2D eigenvalue weighted by Gasteiger charge is 2.34. The minimum atomic E-state index is 0.224. The van der Waals surface area contributed by atoms with E-state index in [1.54, 1.807) is 0 Å². The number of piperidine rings is 1. The standard InChI is InChI=1S/C18H26IN3O/c1-3-18(23)22-13(2)12-16(15-6-4-5-7-17(15)22)20-14-8-10-21(19)11-9-14/h4-7,13-14,16,20H,3,8-12H2,1-2H3. The van der Waals surface area contributed by atoms with Crippen molar-refractivity contribution in [3.05, 3.63) is 29.8 Å². The first-order valence-corrected chi connectivity index (χ1v) is 9.64. The number of nitrogens with one attached hydrogen (secondary N) is 1. The molecular weight excluding hydrogens is 401 g/mol. The fourth-order valence-electron chi connectivity index (χ4n) is 3.82. The van der Waals surface area contributed by atoms with Gasteiger partial charge in [0.05, 0.1) is 0 Å². The molecule has 0 aromatic heterocycles. The van der Waals surface area contributed by atoms with Gasteiger partial charge in [0.2, 0.25) is 5.91 Å². The summed E-state index contributed by atoms with van der Waals surface area (Å²) in [6.45, 7) is 6.43. The third-order valence-corrected chi connectivity index (χ3v) is 6.00. The van der Waals surface area contributed by atoms with Crippen LogP contribution in [0.4, 0.5) is 5.69 Å². The normalized spacial score (nSPS) is 26.1. The minimum Gasteiger partial charge on any atom is -0.309 e. The molecule has 2 unspecified atom stereocenters. The van der Waals surface area contributed by atoms with Crippen molar-refractivity contribution in [2.75, 3.05) is 18.0 Å². The Bertz CT molecular complexity index is 557. The topological polar surface area (TPSA) is 35.6 Å². The molecule has 1 aromatic carbocycles. The highest BCUT2D eigenvalue weighted by molar-refractivity contribution is 14.1. The van der Waals surface area contributed by atoms with Crippen LogP contribution in [-0.2, 0) is 4.79 Å². The molecule has 23 heavy (non-hydrogen) atoms. The molecule has 5 heteroatoms. The molecule has 1 fully saturated rings. The van der Waals surface area contributed by atoms with Crippen LogP contribution < -0.4 is 10.2 Å². The number of hydrogen-bond donors (Lipinski definition) is 1. The number of halogens is 1. The zero-order chi connectivity index (χ0) is 16.4. The van der Waals surface area contributed by atoms with E-state index >= 15 is 0 Å². The van der Waals surface area contributed by atoms with Crippen LogP contribution in [0.5, 0.6) is 0 Å². The Hall–Kier alpha value is -0.660. The van der Waals surface area contributed by atoms with Gasteiger partial charge in [-0.1, -0.05) is 25.1 Å². The number of hydrogen-bond acceptors (Lipinski definition) is 3. The van der Waals surface area contributed by atoms with Crippen molar-refractivity contribution in [2.24, 2.45) is 0 Å². The second-order valence-corrected chi connectivity index (χ2v) is 8.03. The van der Waals surface area contributed by atoms with Gasteiger partial charge in [-0.05, 0) is 37.8 Å². The summed E-state index contributed by atoms with van der Waals surface area (Å²) in [5, 5.41) is 3.87. The van der Waals surface area contributed by atoms with Crippen molar-refractivity contribution in [3.8, 4) is 0 Å². The van der Waals surface area contributed by atoms with Gasteiger partial charge in [0, 0.05) is 66.2 Å². The lowest BCUT2D eigenvalue weighted by molar-refractivity contribution is -0.118. The first kappa shape index (κ1) is 17.2. The predicted octanol–water partition coefficient (Wildman–Crippen LogP) is 3.67. The minimum absolute atomic E-state index is 0.224. The van der Waals surface area contributed by atoms with Crippen LogP contribution in [0.25, 0.3) is 0 Å². The smallest absolute Gasteiger partial charge is 0.226 e. The van der Waals surface area contributed by atoms with Crippen LogP contribution in [0.15, 0.2) is 24.3 Å². The molecule has 2 aliphatic heterocycles. The van der Waals surface area contributed by atoms with Gasteiger partial charge >= 0.3 is 0 Å². The highest BCUT2D eigenvalue weighted by atomic mass is 127. The summed E-state index contributed by atoms with van der Waals surface area (Å²) in [5.74, 6) is 0.224. The zero-order valence-corrected chi connectivity index (χ0v) is 16.1. The second-order valence-electron chi connectivity index (χ2n) is 6.66. The number of fused-ring (bicyclic) bond motifs is 1. The molecule has 0 radical (unpaired) electrons. The Balaban J connectivity index is 1.81. The molecule has 0 aliphatic carbocycles. The fraction of sp³-hybridized carbons (Fsp3) is 0.611. The number of rotatable bonds is 3. The lowest BCUT2D eigenvalue weighted by Crippen LogP contribution is -2.48. The number of nitrogens with zero attached hydrogens (tertiary/aromatic N) is 2. The summed E-state index contributed by atoms with van der Waals surface area (Å²) >= 11 is 2.42. The van der Waals surface area contributed by atoms with Crippen LogP contribution in [0.2, 0.25) is 0 Å². The maximum absolute atomic E-state index is 12.4. The van der Waals surface area contributed by atoms with Crippen molar-refractivity contribution in [1.29, 1.82) is 0 Å². The fourth-order valence-corrected chi connectivity index (χ4v) is 4.38. The Morgan fingerprint density at radius 3 is 2.70 bits per heavy atom. The first-order chi connectivity index (χ1) is 11.1. The number of anilines is 1. The average molecular weight is 427 g/mol. The lowest BCUT2D eigenvalue weighted by Gasteiger charge is -2.41. The SMILES string of the molecule is CCC(=O)N1c2ccccc2C(NC2CCN(I)CC2)CC1C. The Labute approximate surface area is 153 Å². The highest BCUT2D eigenvalue weighted by Crippen LogP contribution is 2.38. The van der Waals surface area contributed by atoms with E-state index in [0.29, 0.717) is 18.5 Å². The molecule has 1 aromatic rings. The first-order valence-electron chi connectivity index (χ1n) is 8.68. The van der Waals surface area contributed by atoms with Crippen LogP contribution in [0, 0.1) is 0 Å². The third kappa shape index (κ3) is 3.72. The summed E-state index contributed by atoms with van der Waals surface area (Å²) in [6, 6.07) is 9.60. The summed E-state index contributed by atoms with van der Waals surface area (Å²) < 4.78 is 2.37. The zero-order valence-electron chi connectivity index (χ0n) is 14.0. The maximum Gasteiger partial charge on any atom is 0.226 e. The molecule has 2 atom stereocenters. The molecule has 1 amide bonds. The van der Waals surface area contributed by atoms with Crippen molar-refractivity contribution in [3.63, 3.8) is 0 Å². The van der Waals surface area contributed by atoms with E-state index in [2.05, 4.69) is 56.4 Å². The second kappa shape index (κ2) is 7.49. The Morgan fingerprint density at radius 2 is 2.00 bits per heavy atom. The van der Waals surface area contributed by atoms with Crippen LogP contribution in [-0.4, -0.2) is 34.2 Å². The number of amides is 1. The van der Waals surface area contributed by atoms with E-state index in [-0.39, 0.29) is 11.9 Å². The molecule has 0 bridgehead atoms. The number of carbonyl (C=O) groups excluding carboxylic acids is 1. The van der Waals surface area contributed by atoms with E-state index in [1.165, 1.54) is 18.4 Å². The molecule has 2 heterocycles. The van der Waals surface area contributed by atoms with E-state index < -0.39 is 0 Å². The van der Waals surface area contributed by atoms with Crippen molar-refractivity contribution in [1.82, 2.24) is 8.43 Å². The monoisotopic (exact) mass is 427 g/mol. The van der Waals surface area contributed by atoms with E-state index in [1.807, 2.05) is 17.9 Å². The van der Waals surface area contributed by atoms with Crippen LogP contribution in [0.1, 0.15) is 51.1 Å². The molecule has 4 nitrogen and oxygen atoms in total. The van der Waals surface area contributed by atoms with Crippen molar-refractivity contribution >= 4 is 34.5 Å². The molecular formula is C18H26IN3O. The average Bonchev–Trinajstić information content (AvgIpc) is 2.56. The molecule has 126 valence electrons. The van der Waals surface area contributed by atoms with Gasteiger partial charge in [0.1, 0.15) is 0 Å².